The fourth-order valence-corrected chi connectivity index (χ4v) is 3.36. The third-order valence-electron chi connectivity index (χ3n) is 4.27. The molecule has 1 rings (SSSR count). The average molecular weight is 291 g/mol. The van der Waals surface area contributed by atoms with Gasteiger partial charge in [0.15, 0.2) is 0 Å². The number of rotatable bonds is 10. The molecule has 120 valence electrons. The van der Waals surface area contributed by atoms with Crippen molar-refractivity contribution >= 4 is 0 Å². The molecule has 0 heterocycles. The van der Waals surface area contributed by atoms with Crippen LogP contribution in [0, 0.1) is 6.92 Å². The van der Waals surface area contributed by atoms with E-state index in [9.17, 15) is 0 Å². The molecule has 0 saturated heterocycles. The smallest absolute Gasteiger partial charge is 0.122 e. The predicted octanol–water partition coefficient (Wildman–Crippen LogP) is 4.84. The lowest BCUT2D eigenvalue weighted by molar-refractivity contribution is 0.316. The van der Waals surface area contributed by atoms with Gasteiger partial charge in [0.25, 0.3) is 0 Å². The first-order valence-corrected chi connectivity index (χ1v) is 8.49. The number of aryl methyl sites for hydroxylation is 1. The molecule has 0 spiro atoms. The number of benzene rings is 1. The van der Waals surface area contributed by atoms with Crippen LogP contribution in [0.4, 0.5) is 0 Å². The van der Waals surface area contributed by atoms with Gasteiger partial charge in [-0.2, -0.15) is 0 Å². The summed E-state index contributed by atoms with van der Waals surface area (Å²) in [4.78, 5) is 0. The second kappa shape index (κ2) is 9.09. The Kier molecular flexibility index (Phi) is 7.81. The molecular weight excluding hydrogens is 258 g/mol. The normalized spacial score (nSPS) is 11.7. The van der Waals surface area contributed by atoms with Crippen molar-refractivity contribution in [3.8, 4) is 5.75 Å². The van der Waals surface area contributed by atoms with E-state index >= 15 is 0 Å². The van der Waals surface area contributed by atoms with Gasteiger partial charge in [-0.3, -0.25) is 0 Å². The number of nitrogens with one attached hydrogen (secondary N) is 1. The Balaban J connectivity index is 3.21. The Hall–Kier alpha value is -1.02. The number of hydrogen-bond donors (Lipinski definition) is 1. The van der Waals surface area contributed by atoms with Crippen LogP contribution >= 0.6 is 0 Å². The third-order valence-corrected chi connectivity index (χ3v) is 4.27. The van der Waals surface area contributed by atoms with Crippen LogP contribution in [0.1, 0.15) is 64.0 Å². The van der Waals surface area contributed by atoms with E-state index in [1.54, 1.807) is 7.11 Å². The van der Waals surface area contributed by atoms with E-state index in [0.717, 1.165) is 18.8 Å². The molecule has 0 aromatic heterocycles. The Morgan fingerprint density at radius 1 is 1.05 bits per heavy atom. The van der Waals surface area contributed by atoms with Crippen LogP contribution in [-0.4, -0.2) is 20.2 Å². The highest BCUT2D eigenvalue weighted by Gasteiger charge is 2.33. The number of hydrogen-bond acceptors (Lipinski definition) is 2. The van der Waals surface area contributed by atoms with Crippen LogP contribution < -0.4 is 10.1 Å². The molecule has 1 aromatic rings. The fraction of sp³-hybridized carbons (Fsp3) is 0.684. The van der Waals surface area contributed by atoms with Gasteiger partial charge in [0.2, 0.25) is 0 Å². The van der Waals surface area contributed by atoms with Gasteiger partial charge < -0.3 is 10.1 Å². The molecule has 0 saturated carbocycles. The molecule has 1 aromatic carbocycles. The Labute approximate surface area is 131 Å². The summed E-state index contributed by atoms with van der Waals surface area (Å²) < 4.78 is 5.68. The minimum atomic E-state index is 0.191. The van der Waals surface area contributed by atoms with Gasteiger partial charge in [-0.15, -0.1) is 0 Å². The molecule has 2 nitrogen and oxygen atoms in total. The summed E-state index contributed by atoms with van der Waals surface area (Å²) >= 11 is 0. The SMILES string of the molecule is CCCNCC(CCC)(CCC)c1cc(C)ccc1OC. The van der Waals surface area contributed by atoms with Crippen molar-refractivity contribution in [2.75, 3.05) is 20.2 Å². The molecule has 2 heteroatoms. The molecule has 0 unspecified atom stereocenters. The summed E-state index contributed by atoms with van der Waals surface area (Å²) in [5.41, 5.74) is 2.89. The van der Waals surface area contributed by atoms with Crippen LogP contribution in [0.3, 0.4) is 0 Å². The quantitative estimate of drug-likeness (QED) is 0.623. The van der Waals surface area contributed by atoms with E-state index in [1.165, 1.54) is 43.2 Å². The lowest BCUT2D eigenvalue weighted by Gasteiger charge is -2.36. The van der Waals surface area contributed by atoms with Crippen molar-refractivity contribution in [1.82, 2.24) is 5.32 Å². The molecule has 0 aliphatic rings. The highest BCUT2D eigenvalue weighted by Crippen LogP contribution is 2.39. The Morgan fingerprint density at radius 3 is 2.24 bits per heavy atom. The predicted molar refractivity (Wildman–Crippen MR) is 92.4 cm³/mol. The summed E-state index contributed by atoms with van der Waals surface area (Å²) in [5, 5.41) is 3.66. The van der Waals surface area contributed by atoms with E-state index in [2.05, 4.69) is 51.2 Å². The highest BCUT2D eigenvalue weighted by molar-refractivity contribution is 5.43. The summed E-state index contributed by atoms with van der Waals surface area (Å²) in [6.45, 7) is 11.1. The minimum absolute atomic E-state index is 0.191. The first kappa shape index (κ1) is 18.0. The lowest BCUT2D eigenvalue weighted by atomic mass is 9.72. The van der Waals surface area contributed by atoms with Crippen LogP contribution in [-0.2, 0) is 5.41 Å². The van der Waals surface area contributed by atoms with Gasteiger partial charge in [-0.05, 0) is 38.8 Å². The zero-order chi connectivity index (χ0) is 15.7. The molecule has 1 N–H and O–H groups in total. The monoisotopic (exact) mass is 291 g/mol. The first-order valence-electron chi connectivity index (χ1n) is 8.49. The summed E-state index contributed by atoms with van der Waals surface area (Å²) in [5.74, 6) is 1.04. The summed E-state index contributed by atoms with van der Waals surface area (Å²) in [6.07, 6.45) is 5.99. The maximum absolute atomic E-state index is 5.68. The zero-order valence-electron chi connectivity index (χ0n) is 14.6. The second-order valence-electron chi connectivity index (χ2n) is 6.16. The Morgan fingerprint density at radius 2 is 1.71 bits per heavy atom. The molecule has 0 atom stereocenters. The Bertz CT molecular complexity index is 408. The van der Waals surface area contributed by atoms with Gasteiger partial charge in [-0.1, -0.05) is 51.3 Å². The van der Waals surface area contributed by atoms with Crippen molar-refractivity contribution < 1.29 is 4.74 Å². The standard InChI is InChI=1S/C19H33NO/c1-6-11-19(12-7-2,15-20-13-8-3)17-14-16(4)9-10-18(17)21-5/h9-10,14,20H,6-8,11-13,15H2,1-5H3. The van der Waals surface area contributed by atoms with E-state index in [0.29, 0.717) is 0 Å². The van der Waals surface area contributed by atoms with Gasteiger partial charge in [0.1, 0.15) is 5.75 Å². The van der Waals surface area contributed by atoms with Gasteiger partial charge in [0.05, 0.1) is 7.11 Å². The van der Waals surface area contributed by atoms with Crippen molar-refractivity contribution in [2.24, 2.45) is 0 Å². The molecular formula is C19H33NO. The van der Waals surface area contributed by atoms with Gasteiger partial charge >= 0.3 is 0 Å². The maximum Gasteiger partial charge on any atom is 0.122 e. The fourth-order valence-electron chi connectivity index (χ4n) is 3.36. The minimum Gasteiger partial charge on any atom is -0.496 e. The largest absolute Gasteiger partial charge is 0.496 e. The molecule has 0 radical (unpaired) electrons. The molecule has 21 heavy (non-hydrogen) atoms. The van der Waals surface area contributed by atoms with Crippen molar-refractivity contribution in [3.63, 3.8) is 0 Å². The molecule has 0 aliphatic carbocycles. The van der Waals surface area contributed by atoms with Crippen molar-refractivity contribution in [2.45, 2.75) is 65.2 Å². The second-order valence-corrected chi connectivity index (χ2v) is 6.16. The molecule has 0 aliphatic heterocycles. The maximum atomic E-state index is 5.68. The van der Waals surface area contributed by atoms with Gasteiger partial charge in [0, 0.05) is 17.5 Å². The summed E-state index contributed by atoms with van der Waals surface area (Å²) in [7, 11) is 1.79. The van der Waals surface area contributed by atoms with E-state index < -0.39 is 0 Å². The molecule has 0 bridgehead atoms. The zero-order valence-corrected chi connectivity index (χ0v) is 14.6. The van der Waals surface area contributed by atoms with Crippen LogP contribution in [0.2, 0.25) is 0 Å². The van der Waals surface area contributed by atoms with E-state index in [-0.39, 0.29) is 5.41 Å². The highest BCUT2D eigenvalue weighted by atomic mass is 16.5. The summed E-state index contributed by atoms with van der Waals surface area (Å²) in [6, 6.07) is 6.60. The average Bonchev–Trinajstić information content (AvgIpc) is 2.48. The lowest BCUT2D eigenvalue weighted by Crippen LogP contribution is -2.39. The van der Waals surface area contributed by atoms with Crippen LogP contribution in [0.5, 0.6) is 5.75 Å². The van der Waals surface area contributed by atoms with Crippen molar-refractivity contribution in [1.29, 1.82) is 0 Å². The van der Waals surface area contributed by atoms with Crippen molar-refractivity contribution in [3.05, 3.63) is 29.3 Å². The van der Waals surface area contributed by atoms with Crippen LogP contribution in [0.15, 0.2) is 18.2 Å². The van der Waals surface area contributed by atoms with Gasteiger partial charge in [-0.25, -0.2) is 0 Å². The number of ether oxygens (including phenoxy) is 1. The molecule has 0 amide bonds. The van der Waals surface area contributed by atoms with E-state index in [1.807, 2.05) is 0 Å². The third kappa shape index (κ3) is 4.74. The van der Waals surface area contributed by atoms with Crippen LogP contribution in [0.25, 0.3) is 0 Å². The first-order chi connectivity index (χ1) is 10.1. The topological polar surface area (TPSA) is 21.3 Å². The molecule has 0 fully saturated rings. The van der Waals surface area contributed by atoms with E-state index in [4.69, 9.17) is 4.74 Å². The number of methoxy groups -OCH3 is 1.